The summed E-state index contributed by atoms with van der Waals surface area (Å²) in [5.41, 5.74) is 2.02. The zero-order valence-corrected chi connectivity index (χ0v) is 16.4. The fourth-order valence-corrected chi connectivity index (χ4v) is 3.68. The van der Waals surface area contributed by atoms with Crippen LogP contribution < -0.4 is 5.32 Å². The normalized spacial score (nSPS) is 15.6. The fraction of sp³-hybridized carbons (Fsp3) is 0.261. The summed E-state index contributed by atoms with van der Waals surface area (Å²) in [6.45, 7) is 3.77. The van der Waals surface area contributed by atoms with Crippen LogP contribution in [0.3, 0.4) is 0 Å². The van der Waals surface area contributed by atoms with Crippen molar-refractivity contribution in [1.29, 1.82) is 0 Å². The second-order valence-electron chi connectivity index (χ2n) is 7.11. The van der Waals surface area contributed by atoms with E-state index in [1.165, 1.54) is 0 Å². The number of hydrogen-bond donors (Lipinski definition) is 1. The Bertz CT molecular complexity index is 998. The van der Waals surface area contributed by atoms with Gasteiger partial charge >= 0.3 is 0 Å². The number of nitrogens with zero attached hydrogens (tertiary/aromatic N) is 3. The Morgan fingerprint density at radius 2 is 1.72 bits per heavy atom. The zero-order valence-electron chi connectivity index (χ0n) is 16.4. The number of rotatable bonds is 5. The maximum Gasteiger partial charge on any atom is 0.271 e. The van der Waals surface area contributed by atoms with Gasteiger partial charge < -0.3 is 14.8 Å². The first-order valence-electron chi connectivity index (χ1n) is 9.95. The van der Waals surface area contributed by atoms with Gasteiger partial charge in [0.25, 0.3) is 11.8 Å². The molecule has 0 bridgehead atoms. The van der Waals surface area contributed by atoms with Crippen LogP contribution in [-0.2, 0) is 6.54 Å². The van der Waals surface area contributed by atoms with E-state index in [2.05, 4.69) is 10.3 Å². The lowest BCUT2D eigenvalue weighted by Crippen LogP contribution is -2.42. The molecule has 1 aromatic heterocycles. The molecular formula is C23H24N4O2. The molecule has 6 nitrogen and oxygen atoms in total. The van der Waals surface area contributed by atoms with E-state index in [1.807, 2.05) is 77.1 Å². The Morgan fingerprint density at radius 3 is 2.41 bits per heavy atom. The van der Waals surface area contributed by atoms with Gasteiger partial charge in [0, 0.05) is 31.4 Å². The summed E-state index contributed by atoms with van der Waals surface area (Å²) in [6.07, 6.45) is 2.66. The van der Waals surface area contributed by atoms with Gasteiger partial charge in [0.05, 0.1) is 0 Å². The smallest absolute Gasteiger partial charge is 0.271 e. The molecule has 0 saturated heterocycles. The number of nitrogens with one attached hydrogen (secondary N) is 1. The zero-order chi connectivity index (χ0) is 20.2. The maximum absolute atomic E-state index is 13.3. The Balaban J connectivity index is 1.73. The molecule has 1 N–H and O–H groups in total. The lowest BCUT2D eigenvalue weighted by Gasteiger charge is -2.36. The molecule has 2 aromatic carbocycles. The van der Waals surface area contributed by atoms with E-state index in [0.717, 1.165) is 12.0 Å². The summed E-state index contributed by atoms with van der Waals surface area (Å²) in [7, 11) is 0. The van der Waals surface area contributed by atoms with Crippen LogP contribution in [0.15, 0.2) is 66.9 Å². The van der Waals surface area contributed by atoms with Crippen molar-refractivity contribution >= 4 is 11.8 Å². The Kier molecular flexibility index (Phi) is 5.42. The molecule has 1 aliphatic rings. The number of benzene rings is 2. The van der Waals surface area contributed by atoms with Crippen molar-refractivity contribution in [2.75, 3.05) is 13.1 Å². The third kappa shape index (κ3) is 3.78. The third-order valence-corrected chi connectivity index (χ3v) is 5.11. The van der Waals surface area contributed by atoms with E-state index in [0.29, 0.717) is 36.7 Å². The second kappa shape index (κ2) is 8.31. The highest BCUT2D eigenvalue weighted by atomic mass is 16.2. The summed E-state index contributed by atoms with van der Waals surface area (Å²) in [5, 5.41) is 2.88. The minimum absolute atomic E-state index is 0.0364. The van der Waals surface area contributed by atoms with Gasteiger partial charge in [-0.25, -0.2) is 4.98 Å². The quantitative estimate of drug-likeness (QED) is 0.729. The molecule has 0 fully saturated rings. The van der Waals surface area contributed by atoms with Crippen LogP contribution in [0.2, 0.25) is 0 Å². The standard InChI is InChI=1S/C23H24N4O2/c1-2-13-24-22(28)19-16-26-14-15-27(23(29)18-11-7-4-8-12-18)20(21(26)25-19)17-9-5-3-6-10-17/h3-12,16,20H,2,13-15H2,1H3,(H,24,28). The van der Waals surface area contributed by atoms with E-state index in [9.17, 15) is 9.59 Å². The molecule has 29 heavy (non-hydrogen) atoms. The van der Waals surface area contributed by atoms with Crippen molar-refractivity contribution in [2.24, 2.45) is 0 Å². The summed E-state index contributed by atoms with van der Waals surface area (Å²) < 4.78 is 1.99. The van der Waals surface area contributed by atoms with Gasteiger partial charge in [0.2, 0.25) is 0 Å². The number of carbonyl (C=O) groups is 2. The van der Waals surface area contributed by atoms with E-state index in [1.54, 1.807) is 6.20 Å². The van der Waals surface area contributed by atoms with Gasteiger partial charge in [-0.3, -0.25) is 9.59 Å². The van der Waals surface area contributed by atoms with Crippen LogP contribution in [0.25, 0.3) is 0 Å². The van der Waals surface area contributed by atoms with E-state index >= 15 is 0 Å². The molecule has 0 spiro atoms. The second-order valence-corrected chi connectivity index (χ2v) is 7.11. The van der Waals surface area contributed by atoms with Gasteiger partial charge in [-0.1, -0.05) is 55.5 Å². The number of fused-ring (bicyclic) bond motifs is 1. The van der Waals surface area contributed by atoms with E-state index in [4.69, 9.17) is 0 Å². The van der Waals surface area contributed by atoms with Gasteiger partial charge in [-0.05, 0) is 24.1 Å². The third-order valence-electron chi connectivity index (χ3n) is 5.11. The predicted molar refractivity (Wildman–Crippen MR) is 111 cm³/mol. The molecule has 0 saturated carbocycles. The molecule has 2 amide bonds. The molecule has 0 aliphatic carbocycles. The lowest BCUT2D eigenvalue weighted by atomic mass is 10.0. The predicted octanol–water partition coefficient (Wildman–Crippen LogP) is 3.27. The lowest BCUT2D eigenvalue weighted by molar-refractivity contribution is 0.0658. The Hall–Kier alpha value is -3.41. The number of imidazole rings is 1. The monoisotopic (exact) mass is 388 g/mol. The molecule has 1 atom stereocenters. The topological polar surface area (TPSA) is 67.2 Å². The van der Waals surface area contributed by atoms with Crippen LogP contribution in [0, 0.1) is 0 Å². The highest BCUT2D eigenvalue weighted by Crippen LogP contribution is 2.32. The van der Waals surface area contributed by atoms with Crippen LogP contribution in [0.5, 0.6) is 0 Å². The van der Waals surface area contributed by atoms with Gasteiger partial charge in [0.15, 0.2) is 0 Å². The summed E-state index contributed by atoms with van der Waals surface area (Å²) in [4.78, 5) is 32.2. The molecule has 1 aliphatic heterocycles. The molecule has 2 heterocycles. The van der Waals surface area contributed by atoms with Crippen molar-refractivity contribution in [3.63, 3.8) is 0 Å². The SMILES string of the molecule is CCCNC(=O)c1cn2c(n1)C(c1ccccc1)N(C(=O)c1ccccc1)CC2. The Morgan fingerprint density at radius 1 is 1.03 bits per heavy atom. The van der Waals surface area contributed by atoms with Crippen molar-refractivity contribution < 1.29 is 9.59 Å². The van der Waals surface area contributed by atoms with Gasteiger partial charge in [0.1, 0.15) is 17.6 Å². The average Bonchev–Trinajstić information content (AvgIpc) is 3.22. The van der Waals surface area contributed by atoms with Crippen molar-refractivity contribution in [2.45, 2.75) is 25.9 Å². The van der Waals surface area contributed by atoms with Crippen molar-refractivity contribution in [3.05, 3.63) is 89.5 Å². The highest BCUT2D eigenvalue weighted by Gasteiger charge is 2.35. The van der Waals surface area contributed by atoms with Crippen molar-refractivity contribution in [3.8, 4) is 0 Å². The molecule has 0 radical (unpaired) electrons. The molecule has 6 heteroatoms. The maximum atomic E-state index is 13.3. The fourth-order valence-electron chi connectivity index (χ4n) is 3.68. The molecule has 1 unspecified atom stereocenters. The number of hydrogen-bond acceptors (Lipinski definition) is 3. The highest BCUT2D eigenvalue weighted by molar-refractivity contribution is 5.95. The van der Waals surface area contributed by atoms with Crippen LogP contribution in [0.1, 0.15) is 51.6 Å². The molecule has 4 rings (SSSR count). The summed E-state index contributed by atoms with van der Waals surface area (Å²) in [5.74, 6) is 0.501. The number of aromatic nitrogens is 2. The first-order chi connectivity index (χ1) is 14.2. The van der Waals surface area contributed by atoms with Crippen LogP contribution in [-0.4, -0.2) is 39.4 Å². The van der Waals surface area contributed by atoms with Crippen LogP contribution >= 0.6 is 0 Å². The molecular weight excluding hydrogens is 364 g/mol. The average molecular weight is 388 g/mol. The minimum atomic E-state index is -0.342. The van der Waals surface area contributed by atoms with Crippen LogP contribution in [0.4, 0.5) is 0 Å². The van der Waals surface area contributed by atoms with Crippen molar-refractivity contribution in [1.82, 2.24) is 19.8 Å². The van der Waals surface area contributed by atoms with Gasteiger partial charge in [-0.2, -0.15) is 0 Å². The first-order valence-corrected chi connectivity index (χ1v) is 9.95. The van der Waals surface area contributed by atoms with E-state index < -0.39 is 0 Å². The number of carbonyl (C=O) groups excluding carboxylic acids is 2. The minimum Gasteiger partial charge on any atom is -0.351 e. The largest absolute Gasteiger partial charge is 0.351 e. The molecule has 3 aromatic rings. The Labute approximate surface area is 170 Å². The summed E-state index contributed by atoms with van der Waals surface area (Å²) >= 11 is 0. The first kappa shape index (κ1) is 18.9. The van der Waals surface area contributed by atoms with Gasteiger partial charge in [-0.15, -0.1) is 0 Å². The molecule has 148 valence electrons. The number of amides is 2. The van der Waals surface area contributed by atoms with E-state index in [-0.39, 0.29) is 17.9 Å². The summed E-state index contributed by atoms with van der Waals surface area (Å²) in [6, 6.07) is 18.8.